The summed E-state index contributed by atoms with van der Waals surface area (Å²) < 4.78 is 0. The summed E-state index contributed by atoms with van der Waals surface area (Å²) >= 11 is 1.70. The van der Waals surface area contributed by atoms with Gasteiger partial charge < -0.3 is 10.6 Å². The van der Waals surface area contributed by atoms with Gasteiger partial charge in [-0.05, 0) is 13.3 Å². The second-order valence-electron chi connectivity index (χ2n) is 3.13. The molecule has 0 atom stereocenters. The Balaban J connectivity index is 2.77. The lowest BCUT2D eigenvalue weighted by molar-refractivity contribution is 0.846. The largest absolute Gasteiger partial charge is 0.351 e. The van der Waals surface area contributed by atoms with Gasteiger partial charge >= 0.3 is 0 Å². The van der Waals surface area contributed by atoms with Gasteiger partial charge in [-0.2, -0.15) is 0 Å². The molecule has 0 aliphatic carbocycles. The number of rotatable bonds is 4. The topological polar surface area (TPSA) is 42.2 Å². The number of thiazole rings is 1. The van der Waals surface area contributed by atoms with E-state index in [2.05, 4.69) is 23.9 Å². The Labute approximate surface area is 83.6 Å². The number of hydrogen-bond acceptors (Lipinski definition) is 4. The lowest BCUT2D eigenvalue weighted by atomic mass is 10.4. The van der Waals surface area contributed by atoms with E-state index in [9.17, 15) is 0 Å². The minimum atomic E-state index is 0.601. The summed E-state index contributed by atoms with van der Waals surface area (Å²) in [6, 6.07) is 0. The third-order valence-electron chi connectivity index (χ3n) is 1.95. The van der Waals surface area contributed by atoms with Crippen LogP contribution in [-0.2, 0) is 6.54 Å². The minimum Gasteiger partial charge on any atom is -0.351 e. The van der Waals surface area contributed by atoms with Gasteiger partial charge in [0.15, 0.2) is 5.13 Å². The summed E-state index contributed by atoms with van der Waals surface area (Å²) in [7, 11) is 2.07. The highest BCUT2D eigenvalue weighted by Crippen LogP contribution is 2.24. The highest BCUT2D eigenvalue weighted by atomic mass is 32.1. The highest BCUT2D eigenvalue weighted by Gasteiger charge is 2.08. The summed E-state index contributed by atoms with van der Waals surface area (Å²) in [6.07, 6.45) is 1.15. The SMILES string of the molecule is CCCN(C)c1nc(C)c(CN)s1. The average Bonchev–Trinajstić information content (AvgIpc) is 2.47. The van der Waals surface area contributed by atoms with Crippen molar-refractivity contribution >= 4 is 16.5 Å². The van der Waals surface area contributed by atoms with Crippen LogP contribution >= 0.6 is 11.3 Å². The Morgan fingerprint density at radius 1 is 1.54 bits per heavy atom. The fraction of sp³-hybridized carbons (Fsp3) is 0.667. The van der Waals surface area contributed by atoms with Crippen molar-refractivity contribution in [2.75, 3.05) is 18.5 Å². The highest BCUT2D eigenvalue weighted by molar-refractivity contribution is 7.15. The molecule has 0 saturated heterocycles. The van der Waals surface area contributed by atoms with Crippen molar-refractivity contribution in [1.29, 1.82) is 0 Å². The summed E-state index contributed by atoms with van der Waals surface area (Å²) in [5.74, 6) is 0. The number of aromatic nitrogens is 1. The first kappa shape index (κ1) is 10.5. The van der Waals surface area contributed by atoms with Crippen LogP contribution in [-0.4, -0.2) is 18.6 Å². The molecule has 1 rings (SSSR count). The van der Waals surface area contributed by atoms with Crippen molar-refractivity contribution in [2.45, 2.75) is 26.8 Å². The molecule has 0 unspecified atom stereocenters. The first-order chi connectivity index (χ1) is 6.19. The smallest absolute Gasteiger partial charge is 0.185 e. The van der Waals surface area contributed by atoms with E-state index in [1.54, 1.807) is 11.3 Å². The molecule has 2 N–H and O–H groups in total. The lowest BCUT2D eigenvalue weighted by Gasteiger charge is -2.13. The van der Waals surface area contributed by atoms with Crippen LogP contribution in [0.25, 0.3) is 0 Å². The first-order valence-corrected chi connectivity index (χ1v) is 5.38. The van der Waals surface area contributed by atoms with Crippen LogP contribution in [0.5, 0.6) is 0 Å². The zero-order valence-corrected chi connectivity index (χ0v) is 9.32. The lowest BCUT2D eigenvalue weighted by Crippen LogP contribution is -2.17. The molecule has 3 nitrogen and oxygen atoms in total. The molecule has 0 amide bonds. The molecule has 0 aliphatic rings. The van der Waals surface area contributed by atoms with Gasteiger partial charge in [0.1, 0.15) is 0 Å². The van der Waals surface area contributed by atoms with Crippen molar-refractivity contribution in [3.8, 4) is 0 Å². The third-order valence-corrected chi connectivity index (χ3v) is 3.25. The molecule has 0 fully saturated rings. The molecule has 0 bridgehead atoms. The molecule has 1 aromatic heterocycles. The monoisotopic (exact) mass is 199 g/mol. The van der Waals surface area contributed by atoms with E-state index in [1.165, 1.54) is 4.88 Å². The minimum absolute atomic E-state index is 0.601. The van der Waals surface area contributed by atoms with Crippen LogP contribution in [0.3, 0.4) is 0 Å². The summed E-state index contributed by atoms with van der Waals surface area (Å²) in [5.41, 5.74) is 6.66. The van der Waals surface area contributed by atoms with E-state index >= 15 is 0 Å². The van der Waals surface area contributed by atoms with Crippen molar-refractivity contribution < 1.29 is 0 Å². The Hall–Kier alpha value is -0.610. The second kappa shape index (κ2) is 4.58. The Morgan fingerprint density at radius 3 is 2.69 bits per heavy atom. The summed E-state index contributed by atoms with van der Waals surface area (Å²) in [5, 5.41) is 1.08. The number of nitrogens with zero attached hydrogens (tertiary/aromatic N) is 2. The molecule has 0 radical (unpaired) electrons. The maximum Gasteiger partial charge on any atom is 0.185 e. The molecule has 0 spiro atoms. The van der Waals surface area contributed by atoms with Crippen molar-refractivity contribution in [3.05, 3.63) is 10.6 Å². The standard InChI is InChI=1S/C9H17N3S/c1-4-5-12(3)9-11-7(2)8(6-10)13-9/h4-6,10H2,1-3H3. The summed E-state index contributed by atoms with van der Waals surface area (Å²) in [4.78, 5) is 7.83. The molecule has 1 heterocycles. The first-order valence-electron chi connectivity index (χ1n) is 4.56. The number of nitrogens with two attached hydrogens (primary N) is 1. The quantitative estimate of drug-likeness (QED) is 0.803. The van der Waals surface area contributed by atoms with Crippen molar-refractivity contribution in [2.24, 2.45) is 5.73 Å². The molecule has 0 aromatic carbocycles. The second-order valence-corrected chi connectivity index (χ2v) is 4.19. The molecular formula is C9H17N3S. The molecule has 13 heavy (non-hydrogen) atoms. The molecule has 1 aromatic rings. The summed E-state index contributed by atoms with van der Waals surface area (Å²) in [6.45, 7) is 5.84. The Bertz CT molecular complexity index is 270. The maximum atomic E-state index is 5.59. The van der Waals surface area contributed by atoms with Crippen molar-refractivity contribution in [1.82, 2.24) is 4.98 Å². The molecule has 0 saturated carbocycles. The number of anilines is 1. The maximum absolute atomic E-state index is 5.59. The molecule has 4 heteroatoms. The number of hydrogen-bond donors (Lipinski definition) is 1. The fourth-order valence-electron chi connectivity index (χ4n) is 1.20. The van der Waals surface area contributed by atoms with Gasteiger partial charge in [0, 0.05) is 25.0 Å². The third kappa shape index (κ3) is 2.42. The van der Waals surface area contributed by atoms with Crippen LogP contribution in [0.15, 0.2) is 0 Å². The van der Waals surface area contributed by atoms with E-state index in [4.69, 9.17) is 5.73 Å². The number of aryl methyl sites for hydroxylation is 1. The van der Waals surface area contributed by atoms with E-state index in [0.717, 1.165) is 23.8 Å². The molecule has 0 aliphatic heterocycles. The van der Waals surface area contributed by atoms with Gasteiger partial charge in [-0.25, -0.2) is 4.98 Å². The normalized spacial score (nSPS) is 10.5. The fourth-order valence-corrected chi connectivity index (χ4v) is 2.12. The predicted molar refractivity (Wildman–Crippen MR) is 58.3 cm³/mol. The zero-order chi connectivity index (χ0) is 9.84. The molecular weight excluding hydrogens is 182 g/mol. The van der Waals surface area contributed by atoms with Gasteiger partial charge in [-0.1, -0.05) is 6.92 Å². The van der Waals surface area contributed by atoms with Gasteiger partial charge in [-0.15, -0.1) is 11.3 Å². The van der Waals surface area contributed by atoms with Gasteiger partial charge in [-0.3, -0.25) is 0 Å². The Morgan fingerprint density at radius 2 is 2.23 bits per heavy atom. The van der Waals surface area contributed by atoms with Gasteiger partial charge in [0.25, 0.3) is 0 Å². The van der Waals surface area contributed by atoms with Crippen LogP contribution in [0, 0.1) is 6.92 Å². The van der Waals surface area contributed by atoms with Crippen LogP contribution in [0.4, 0.5) is 5.13 Å². The van der Waals surface area contributed by atoms with E-state index in [1.807, 2.05) is 6.92 Å². The zero-order valence-electron chi connectivity index (χ0n) is 8.50. The van der Waals surface area contributed by atoms with Crippen LogP contribution in [0.1, 0.15) is 23.9 Å². The Kier molecular flexibility index (Phi) is 3.69. The van der Waals surface area contributed by atoms with Gasteiger partial charge in [0.2, 0.25) is 0 Å². The predicted octanol–water partition coefficient (Wildman–Crippen LogP) is 1.76. The van der Waals surface area contributed by atoms with E-state index in [-0.39, 0.29) is 0 Å². The average molecular weight is 199 g/mol. The van der Waals surface area contributed by atoms with E-state index in [0.29, 0.717) is 6.54 Å². The van der Waals surface area contributed by atoms with Crippen LogP contribution < -0.4 is 10.6 Å². The van der Waals surface area contributed by atoms with E-state index < -0.39 is 0 Å². The molecule has 74 valence electrons. The van der Waals surface area contributed by atoms with Crippen molar-refractivity contribution in [3.63, 3.8) is 0 Å². The van der Waals surface area contributed by atoms with Crippen LogP contribution in [0.2, 0.25) is 0 Å². The van der Waals surface area contributed by atoms with Gasteiger partial charge in [0.05, 0.1) is 5.69 Å².